The Morgan fingerprint density at radius 1 is 1.14 bits per heavy atom. The molecule has 1 saturated carbocycles. The van der Waals surface area contributed by atoms with E-state index in [-0.39, 0.29) is 16.6 Å². The molecule has 21 heavy (non-hydrogen) atoms. The Hall–Kier alpha value is -1.58. The van der Waals surface area contributed by atoms with E-state index in [9.17, 15) is 8.42 Å². The Kier molecular flexibility index (Phi) is 5.21. The summed E-state index contributed by atoms with van der Waals surface area (Å²) >= 11 is 0. The summed E-state index contributed by atoms with van der Waals surface area (Å²) in [6.07, 6.45) is 7.41. The van der Waals surface area contributed by atoms with Crippen LogP contribution in [0.3, 0.4) is 0 Å². The highest BCUT2D eigenvalue weighted by Gasteiger charge is 2.22. The fourth-order valence-electron chi connectivity index (χ4n) is 2.72. The molecule has 2 rings (SSSR count). The third-order valence-electron chi connectivity index (χ3n) is 3.86. The summed E-state index contributed by atoms with van der Waals surface area (Å²) < 4.78 is 27.7. The minimum atomic E-state index is -3.63. The summed E-state index contributed by atoms with van der Waals surface area (Å²) in [5.41, 5.74) is 6.25. The molecular weight excluding hydrogens is 286 g/mol. The van der Waals surface area contributed by atoms with E-state index < -0.39 is 10.0 Å². The summed E-state index contributed by atoms with van der Waals surface area (Å²) in [6, 6.07) is 6.20. The Labute approximate surface area is 126 Å². The van der Waals surface area contributed by atoms with Crippen LogP contribution in [0.25, 0.3) is 0 Å². The number of hydrogen-bond donors (Lipinski definition) is 2. The van der Waals surface area contributed by atoms with Gasteiger partial charge in [0.25, 0.3) is 0 Å². The normalized spacial score (nSPS) is 17.7. The van der Waals surface area contributed by atoms with Gasteiger partial charge in [-0.15, -0.1) is 0 Å². The minimum Gasteiger partial charge on any atom is -0.398 e. The van der Waals surface area contributed by atoms with Crippen LogP contribution in [0.2, 0.25) is 0 Å². The molecule has 0 bridgehead atoms. The van der Waals surface area contributed by atoms with Crippen molar-refractivity contribution in [2.24, 2.45) is 0 Å². The van der Waals surface area contributed by atoms with Crippen LogP contribution in [0, 0.1) is 11.3 Å². The Balaban J connectivity index is 2.15. The molecule has 0 aromatic heterocycles. The lowest BCUT2D eigenvalue weighted by atomic mass is 9.97. The van der Waals surface area contributed by atoms with Gasteiger partial charge in [-0.05, 0) is 31.0 Å². The summed E-state index contributed by atoms with van der Waals surface area (Å²) in [5, 5.41) is 8.80. The van der Waals surface area contributed by atoms with Gasteiger partial charge in [0, 0.05) is 6.04 Å². The second-order valence-corrected chi connectivity index (χ2v) is 7.21. The van der Waals surface area contributed by atoms with Crippen molar-refractivity contribution in [3.63, 3.8) is 0 Å². The lowest BCUT2D eigenvalue weighted by Gasteiger charge is -2.21. The molecule has 6 heteroatoms. The second-order valence-electron chi connectivity index (χ2n) is 5.53. The number of hydrogen-bond acceptors (Lipinski definition) is 4. The maximum absolute atomic E-state index is 12.4. The molecule has 5 nitrogen and oxygen atoms in total. The Morgan fingerprint density at radius 3 is 2.33 bits per heavy atom. The molecule has 1 aliphatic rings. The van der Waals surface area contributed by atoms with Crippen LogP contribution in [0.4, 0.5) is 5.69 Å². The molecule has 3 N–H and O–H groups in total. The minimum absolute atomic E-state index is 0.0228. The zero-order valence-electron chi connectivity index (χ0n) is 12.0. The first-order valence-electron chi connectivity index (χ1n) is 7.35. The van der Waals surface area contributed by atoms with Crippen molar-refractivity contribution in [3.8, 4) is 6.07 Å². The van der Waals surface area contributed by atoms with Crippen molar-refractivity contribution in [2.75, 3.05) is 5.73 Å². The van der Waals surface area contributed by atoms with E-state index in [2.05, 4.69) is 4.72 Å². The molecule has 0 saturated heterocycles. The number of nitrogens with two attached hydrogens (primary N) is 1. The zero-order valence-corrected chi connectivity index (χ0v) is 12.8. The van der Waals surface area contributed by atoms with Crippen molar-refractivity contribution < 1.29 is 8.42 Å². The highest BCUT2D eigenvalue weighted by molar-refractivity contribution is 7.89. The average Bonchev–Trinajstić information content (AvgIpc) is 2.41. The highest BCUT2D eigenvalue weighted by atomic mass is 32.2. The monoisotopic (exact) mass is 307 g/mol. The summed E-state index contributed by atoms with van der Waals surface area (Å²) in [4.78, 5) is 0.0589. The summed E-state index contributed by atoms with van der Waals surface area (Å²) in [7, 11) is -3.63. The predicted molar refractivity (Wildman–Crippen MR) is 82.0 cm³/mol. The number of nitrogens with zero attached hydrogens (tertiary/aromatic N) is 1. The van der Waals surface area contributed by atoms with Gasteiger partial charge in [-0.3, -0.25) is 0 Å². The zero-order chi connectivity index (χ0) is 15.3. The van der Waals surface area contributed by atoms with Crippen LogP contribution in [0.5, 0.6) is 0 Å². The van der Waals surface area contributed by atoms with Crippen molar-refractivity contribution in [2.45, 2.75) is 55.9 Å². The summed E-state index contributed by atoms with van der Waals surface area (Å²) in [6.45, 7) is 0. The van der Waals surface area contributed by atoms with Gasteiger partial charge in [-0.25, -0.2) is 13.1 Å². The van der Waals surface area contributed by atoms with Crippen molar-refractivity contribution >= 4 is 15.7 Å². The molecule has 1 fully saturated rings. The third kappa shape index (κ3) is 4.19. The maximum Gasteiger partial charge on any atom is 0.242 e. The molecule has 0 aliphatic heterocycles. The van der Waals surface area contributed by atoms with E-state index in [1.807, 2.05) is 6.07 Å². The van der Waals surface area contributed by atoms with E-state index in [0.29, 0.717) is 5.56 Å². The van der Waals surface area contributed by atoms with Crippen LogP contribution < -0.4 is 10.5 Å². The predicted octanol–water partition coefficient (Wildman–Crippen LogP) is 2.53. The first-order valence-corrected chi connectivity index (χ1v) is 8.83. The van der Waals surface area contributed by atoms with Gasteiger partial charge in [0.05, 0.1) is 17.3 Å². The average molecular weight is 307 g/mol. The van der Waals surface area contributed by atoms with Crippen LogP contribution in [0.15, 0.2) is 23.1 Å². The van der Waals surface area contributed by atoms with Crippen molar-refractivity contribution in [3.05, 3.63) is 23.8 Å². The van der Waals surface area contributed by atoms with Gasteiger partial charge >= 0.3 is 0 Å². The Bertz CT molecular complexity index is 627. The van der Waals surface area contributed by atoms with E-state index in [1.54, 1.807) is 0 Å². The summed E-state index contributed by atoms with van der Waals surface area (Å²) in [5.74, 6) is 0. The molecule has 0 amide bonds. The van der Waals surface area contributed by atoms with Crippen LogP contribution in [-0.4, -0.2) is 14.5 Å². The van der Waals surface area contributed by atoms with E-state index in [4.69, 9.17) is 11.0 Å². The van der Waals surface area contributed by atoms with Gasteiger partial charge < -0.3 is 5.73 Å². The molecule has 0 heterocycles. The van der Waals surface area contributed by atoms with E-state index in [1.165, 1.54) is 24.6 Å². The molecular formula is C15H21N3O2S. The second kappa shape index (κ2) is 6.92. The van der Waals surface area contributed by atoms with Gasteiger partial charge in [0.1, 0.15) is 4.90 Å². The highest BCUT2D eigenvalue weighted by Crippen LogP contribution is 2.22. The van der Waals surface area contributed by atoms with E-state index in [0.717, 1.165) is 38.5 Å². The molecule has 0 atom stereocenters. The fourth-order valence-corrected chi connectivity index (χ4v) is 4.14. The number of benzene rings is 1. The SMILES string of the molecule is N#Cc1ccc(S(=O)(=O)NC2CCCCCCC2)c(N)c1. The maximum atomic E-state index is 12.4. The Morgan fingerprint density at radius 2 is 1.76 bits per heavy atom. The molecule has 0 radical (unpaired) electrons. The number of nitrogen functional groups attached to an aromatic ring is 1. The largest absolute Gasteiger partial charge is 0.398 e. The fraction of sp³-hybridized carbons (Fsp3) is 0.533. The molecule has 1 aliphatic carbocycles. The standard InChI is InChI=1S/C15H21N3O2S/c16-11-12-8-9-15(14(17)10-12)21(19,20)18-13-6-4-2-1-3-5-7-13/h8-10,13,18H,1-7,17H2. The molecule has 0 unspecified atom stereocenters. The molecule has 1 aromatic rings. The molecule has 1 aromatic carbocycles. The lowest BCUT2D eigenvalue weighted by Crippen LogP contribution is -2.35. The van der Waals surface area contributed by atoms with Gasteiger partial charge in [-0.2, -0.15) is 5.26 Å². The molecule has 114 valence electrons. The number of nitrogens with one attached hydrogen (secondary N) is 1. The van der Waals surface area contributed by atoms with Crippen LogP contribution in [0.1, 0.15) is 50.5 Å². The van der Waals surface area contributed by atoms with Gasteiger partial charge in [0.15, 0.2) is 0 Å². The number of rotatable bonds is 3. The number of anilines is 1. The number of nitriles is 1. The quantitative estimate of drug-likeness (QED) is 0.839. The smallest absolute Gasteiger partial charge is 0.242 e. The van der Waals surface area contributed by atoms with Crippen molar-refractivity contribution in [1.29, 1.82) is 5.26 Å². The van der Waals surface area contributed by atoms with Crippen molar-refractivity contribution in [1.82, 2.24) is 4.72 Å². The van der Waals surface area contributed by atoms with Crippen LogP contribution in [-0.2, 0) is 10.0 Å². The lowest BCUT2D eigenvalue weighted by molar-refractivity contribution is 0.426. The van der Waals surface area contributed by atoms with E-state index >= 15 is 0 Å². The molecule has 0 spiro atoms. The number of sulfonamides is 1. The third-order valence-corrected chi connectivity index (χ3v) is 5.45. The first-order chi connectivity index (χ1) is 10.0. The van der Waals surface area contributed by atoms with Gasteiger partial charge in [-0.1, -0.05) is 32.1 Å². The van der Waals surface area contributed by atoms with Crippen LogP contribution >= 0.6 is 0 Å². The topological polar surface area (TPSA) is 96.0 Å². The first kappa shape index (κ1) is 15.8. The van der Waals surface area contributed by atoms with Gasteiger partial charge in [0.2, 0.25) is 10.0 Å².